The van der Waals surface area contributed by atoms with Crippen LogP contribution in [-0.2, 0) is 13.5 Å². The van der Waals surface area contributed by atoms with E-state index < -0.39 is 0 Å². The molecule has 0 amide bonds. The molecule has 1 fully saturated rings. The SMILES string of the molecule is Cc1cc2c(F)c(CC3CCCNC3)ccc2n1C. The fourth-order valence-corrected chi connectivity index (χ4v) is 3.12. The molecule has 0 radical (unpaired) electrons. The van der Waals surface area contributed by atoms with Crippen molar-refractivity contribution < 1.29 is 4.39 Å². The Bertz CT molecular complexity index is 594. The third-order valence-electron chi connectivity index (χ3n) is 4.39. The van der Waals surface area contributed by atoms with Gasteiger partial charge in [0.25, 0.3) is 0 Å². The molecule has 0 bridgehead atoms. The van der Waals surface area contributed by atoms with E-state index >= 15 is 0 Å². The third-order valence-corrected chi connectivity index (χ3v) is 4.39. The van der Waals surface area contributed by atoms with Crippen LogP contribution >= 0.6 is 0 Å². The lowest BCUT2D eigenvalue weighted by Gasteiger charge is -2.23. The van der Waals surface area contributed by atoms with Gasteiger partial charge in [-0.3, -0.25) is 0 Å². The van der Waals surface area contributed by atoms with E-state index in [4.69, 9.17) is 0 Å². The third kappa shape index (κ3) is 2.27. The van der Waals surface area contributed by atoms with E-state index in [1.165, 1.54) is 12.8 Å². The minimum atomic E-state index is -0.0215. The molecule has 2 nitrogen and oxygen atoms in total. The summed E-state index contributed by atoms with van der Waals surface area (Å²) in [6.45, 7) is 4.14. The van der Waals surface area contributed by atoms with Gasteiger partial charge in [-0.1, -0.05) is 6.07 Å². The molecule has 102 valence electrons. The molecule has 3 rings (SSSR count). The summed E-state index contributed by atoms with van der Waals surface area (Å²) in [5.74, 6) is 0.553. The van der Waals surface area contributed by atoms with Gasteiger partial charge in [0.15, 0.2) is 0 Å². The Morgan fingerprint density at radius 3 is 3.00 bits per heavy atom. The van der Waals surface area contributed by atoms with Crippen LogP contribution in [-0.4, -0.2) is 17.7 Å². The number of piperidine rings is 1. The first-order valence-corrected chi connectivity index (χ1v) is 7.11. The van der Waals surface area contributed by atoms with Crippen LogP contribution in [0.1, 0.15) is 24.1 Å². The molecule has 1 saturated heterocycles. The summed E-state index contributed by atoms with van der Waals surface area (Å²) in [5, 5.41) is 4.16. The number of halogens is 1. The van der Waals surface area contributed by atoms with Crippen molar-refractivity contribution in [1.29, 1.82) is 0 Å². The maximum absolute atomic E-state index is 14.6. The second kappa shape index (κ2) is 4.97. The number of nitrogens with zero attached hydrogens (tertiary/aromatic N) is 1. The summed E-state index contributed by atoms with van der Waals surface area (Å²) in [7, 11) is 1.99. The molecule has 1 aliphatic heterocycles. The van der Waals surface area contributed by atoms with E-state index in [0.717, 1.165) is 41.7 Å². The fourth-order valence-electron chi connectivity index (χ4n) is 3.12. The zero-order chi connectivity index (χ0) is 13.4. The minimum absolute atomic E-state index is 0.0215. The molecule has 0 spiro atoms. The first-order valence-electron chi connectivity index (χ1n) is 7.11. The second-order valence-corrected chi connectivity index (χ2v) is 5.73. The first kappa shape index (κ1) is 12.7. The molecular weight excluding hydrogens is 239 g/mol. The van der Waals surface area contributed by atoms with Gasteiger partial charge >= 0.3 is 0 Å². The maximum Gasteiger partial charge on any atom is 0.135 e. The molecule has 1 atom stereocenters. The van der Waals surface area contributed by atoms with Crippen LogP contribution in [0.25, 0.3) is 10.9 Å². The van der Waals surface area contributed by atoms with Crippen LogP contribution in [0, 0.1) is 18.7 Å². The Kier molecular flexibility index (Phi) is 3.31. The number of nitrogens with one attached hydrogen (secondary N) is 1. The topological polar surface area (TPSA) is 17.0 Å². The zero-order valence-electron chi connectivity index (χ0n) is 11.7. The van der Waals surface area contributed by atoms with Gasteiger partial charge in [0.05, 0.1) is 5.52 Å². The van der Waals surface area contributed by atoms with Crippen LogP contribution in [0.3, 0.4) is 0 Å². The van der Waals surface area contributed by atoms with Gasteiger partial charge in [-0.2, -0.15) is 0 Å². The number of hydrogen-bond donors (Lipinski definition) is 1. The van der Waals surface area contributed by atoms with Gasteiger partial charge in [0.1, 0.15) is 5.82 Å². The number of aryl methyl sites for hydroxylation is 2. The van der Waals surface area contributed by atoms with Crippen molar-refractivity contribution in [3.63, 3.8) is 0 Å². The van der Waals surface area contributed by atoms with Gasteiger partial charge in [-0.25, -0.2) is 4.39 Å². The van der Waals surface area contributed by atoms with Gasteiger partial charge in [-0.05, 0) is 62.9 Å². The molecule has 0 aliphatic carbocycles. The summed E-state index contributed by atoms with van der Waals surface area (Å²) < 4.78 is 16.6. The normalized spacial score (nSPS) is 20.1. The van der Waals surface area contributed by atoms with Crippen molar-refractivity contribution in [2.45, 2.75) is 26.2 Å². The lowest BCUT2D eigenvalue weighted by Crippen LogP contribution is -2.31. The van der Waals surface area contributed by atoms with Gasteiger partial charge in [0, 0.05) is 18.1 Å². The molecule has 2 heterocycles. The average molecular weight is 260 g/mol. The fraction of sp³-hybridized carbons (Fsp3) is 0.500. The lowest BCUT2D eigenvalue weighted by molar-refractivity contribution is 0.372. The molecule has 19 heavy (non-hydrogen) atoms. The van der Waals surface area contributed by atoms with E-state index in [1.54, 1.807) is 0 Å². The Labute approximate surface area is 113 Å². The van der Waals surface area contributed by atoms with Gasteiger partial charge in [0.2, 0.25) is 0 Å². The van der Waals surface area contributed by atoms with Crippen molar-refractivity contribution in [1.82, 2.24) is 9.88 Å². The quantitative estimate of drug-likeness (QED) is 0.877. The first-order chi connectivity index (χ1) is 9.16. The number of aromatic nitrogens is 1. The highest BCUT2D eigenvalue weighted by Crippen LogP contribution is 2.26. The predicted molar refractivity (Wildman–Crippen MR) is 76.9 cm³/mol. The smallest absolute Gasteiger partial charge is 0.135 e. The van der Waals surface area contributed by atoms with E-state index in [-0.39, 0.29) is 5.82 Å². The summed E-state index contributed by atoms with van der Waals surface area (Å²) >= 11 is 0. The van der Waals surface area contributed by atoms with Crippen molar-refractivity contribution in [2.75, 3.05) is 13.1 Å². The standard InChI is InChI=1S/C16H21FN2/c1-11-8-14-15(19(11)2)6-5-13(16(14)17)9-12-4-3-7-18-10-12/h5-6,8,12,18H,3-4,7,9-10H2,1-2H3. The van der Waals surface area contributed by atoms with Crippen LogP contribution < -0.4 is 5.32 Å². The number of hydrogen-bond acceptors (Lipinski definition) is 1. The van der Waals surface area contributed by atoms with Crippen molar-refractivity contribution in [3.8, 4) is 0 Å². The molecule has 1 N–H and O–H groups in total. The van der Waals surface area contributed by atoms with Gasteiger partial charge in [-0.15, -0.1) is 0 Å². The highest BCUT2D eigenvalue weighted by Gasteiger charge is 2.17. The Morgan fingerprint density at radius 1 is 1.42 bits per heavy atom. The molecule has 1 unspecified atom stereocenters. The largest absolute Gasteiger partial charge is 0.348 e. The van der Waals surface area contributed by atoms with E-state index in [0.29, 0.717) is 5.92 Å². The molecular formula is C16H21FN2. The summed E-state index contributed by atoms with van der Waals surface area (Å²) in [4.78, 5) is 0. The van der Waals surface area contributed by atoms with E-state index in [9.17, 15) is 4.39 Å². The van der Waals surface area contributed by atoms with Crippen LogP contribution in [0.15, 0.2) is 18.2 Å². The predicted octanol–water partition coefficient (Wildman–Crippen LogP) is 3.17. The Balaban J connectivity index is 1.93. The van der Waals surface area contributed by atoms with Crippen molar-refractivity contribution in [3.05, 3.63) is 35.3 Å². The summed E-state index contributed by atoms with van der Waals surface area (Å²) in [6, 6.07) is 5.97. The number of fused-ring (bicyclic) bond motifs is 1. The van der Waals surface area contributed by atoms with Crippen molar-refractivity contribution >= 4 is 10.9 Å². The van der Waals surface area contributed by atoms with Crippen LogP contribution in [0.5, 0.6) is 0 Å². The summed E-state index contributed by atoms with van der Waals surface area (Å²) in [5.41, 5.74) is 2.96. The zero-order valence-corrected chi connectivity index (χ0v) is 11.7. The minimum Gasteiger partial charge on any atom is -0.348 e. The van der Waals surface area contributed by atoms with Crippen molar-refractivity contribution in [2.24, 2.45) is 13.0 Å². The monoisotopic (exact) mass is 260 g/mol. The highest BCUT2D eigenvalue weighted by molar-refractivity contribution is 5.82. The molecule has 1 aliphatic rings. The number of benzene rings is 1. The molecule has 1 aromatic heterocycles. The number of rotatable bonds is 2. The lowest BCUT2D eigenvalue weighted by atomic mass is 9.91. The Hall–Kier alpha value is -1.35. The Morgan fingerprint density at radius 2 is 2.26 bits per heavy atom. The van der Waals surface area contributed by atoms with Crippen LogP contribution in [0.4, 0.5) is 4.39 Å². The van der Waals surface area contributed by atoms with Gasteiger partial charge < -0.3 is 9.88 Å². The summed E-state index contributed by atoms with van der Waals surface area (Å²) in [6.07, 6.45) is 3.26. The molecule has 0 saturated carbocycles. The molecule has 1 aromatic carbocycles. The van der Waals surface area contributed by atoms with E-state index in [2.05, 4.69) is 11.4 Å². The second-order valence-electron chi connectivity index (χ2n) is 5.73. The molecule has 2 aromatic rings. The van der Waals surface area contributed by atoms with Crippen LogP contribution in [0.2, 0.25) is 0 Å². The molecule has 3 heteroatoms. The highest BCUT2D eigenvalue weighted by atomic mass is 19.1. The average Bonchev–Trinajstić information content (AvgIpc) is 2.71. The van der Waals surface area contributed by atoms with E-state index in [1.807, 2.05) is 30.7 Å². The maximum atomic E-state index is 14.6.